The predicted octanol–water partition coefficient (Wildman–Crippen LogP) is 0.865. The molecule has 0 unspecified atom stereocenters. The van der Waals surface area contributed by atoms with Crippen LogP contribution in [0.25, 0.3) is 0 Å². The standard InChI is InChI=1S/C11H14N2O2/c1-15-11-4-9(5-12-6-11)7-13-3-2-10(14)8-13/h4-6H,2-3,7-8H2,1H3. The molecule has 1 aliphatic heterocycles. The molecule has 15 heavy (non-hydrogen) atoms. The van der Waals surface area contributed by atoms with Crippen molar-refractivity contribution in [1.82, 2.24) is 9.88 Å². The van der Waals surface area contributed by atoms with Crippen LogP contribution in [0.15, 0.2) is 18.5 Å². The highest BCUT2D eigenvalue weighted by Crippen LogP contribution is 2.14. The second-order valence-corrected chi connectivity index (χ2v) is 3.73. The predicted molar refractivity (Wildman–Crippen MR) is 55.7 cm³/mol. The zero-order valence-electron chi connectivity index (χ0n) is 8.77. The van der Waals surface area contributed by atoms with E-state index in [2.05, 4.69) is 9.88 Å². The number of rotatable bonds is 3. The first-order valence-corrected chi connectivity index (χ1v) is 5.00. The molecule has 2 rings (SSSR count). The maximum absolute atomic E-state index is 11.1. The number of Topliss-reactive ketones (excluding diaryl/α,β-unsaturated/α-hetero) is 1. The van der Waals surface area contributed by atoms with Crippen LogP contribution < -0.4 is 4.74 Å². The topological polar surface area (TPSA) is 42.4 Å². The summed E-state index contributed by atoms with van der Waals surface area (Å²) in [5.74, 6) is 1.09. The molecule has 1 saturated heterocycles. The molecule has 1 aromatic heterocycles. The second-order valence-electron chi connectivity index (χ2n) is 3.73. The SMILES string of the molecule is COc1cncc(CN2CCC(=O)C2)c1. The van der Waals surface area contributed by atoms with Crippen molar-refractivity contribution >= 4 is 5.78 Å². The van der Waals surface area contributed by atoms with Crippen molar-refractivity contribution in [2.24, 2.45) is 0 Å². The summed E-state index contributed by atoms with van der Waals surface area (Å²) in [5.41, 5.74) is 1.09. The number of hydrogen-bond acceptors (Lipinski definition) is 4. The smallest absolute Gasteiger partial charge is 0.148 e. The summed E-state index contributed by atoms with van der Waals surface area (Å²) in [4.78, 5) is 17.3. The molecule has 0 atom stereocenters. The van der Waals surface area contributed by atoms with Gasteiger partial charge in [0.15, 0.2) is 0 Å². The quantitative estimate of drug-likeness (QED) is 0.735. The highest BCUT2D eigenvalue weighted by Gasteiger charge is 2.19. The van der Waals surface area contributed by atoms with Crippen molar-refractivity contribution in [1.29, 1.82) is 0 Å². The number of aromatic nitrogens is 1. The van der Waals surface area contributed by atoms with Gasteiger partial charge in [-0.25, -0.2) is 0 Å². The Morgan fingerprint density at radius 2 is 2.40 bits per heavy atom. The maximum atomic E-state index is 11.1. The van der Waals surface area contributed by atoms with E-state index in [4.69, 9.17) is 4.74 Å². The number of carbonyl (C=O) groups excluding carboxylic acids is 1. The molecule has 4 nitrogen and oxygen atoms in total. The number of pyridine rings is 1. The van der Waals surface area contributed by atoms with Crippen LogP contribution in [0.2, 0.25) is 0 Å². The Labute approximate surface area is 88.9 Å². The number of nitrogens with zero attached hydrogens (tertiary/aromatic N) is 2. The number of ether oxygens (including phenoxy) is 1. The van der Waals surface area contributed by atoms with Gasteiger partial charge in [-0.15, -0.1) is 0 Å². The molecule has 2 heterocycles. The molecule has 1 aliphatic rings. The van der Waals surface area contributed by atoms with Crippen LogP contribution in [-0.4, -0.2) is 35.9 Å². The Kier molecular flexibility index (Phi) is 2.97. The summed E-state index contributed by atoms with van der Waals surface area (Å²) in [5, 5.41) is 0. The van der Waals surface area contributed by atoms with E-state index in [1.54, 1.807) is 13.3 Å². The van der Waals surface area contributed by atoms with E-state index in [1.165, 1.54) is 0 Å². The van der Waals surface area contributed by atoms with Crippen molar-refractivity contribution in [3.05, 3.63) is 24.0 Å². The minimum absolute atomic E-state index is 0.325. The van der Waals surface area contributed by atoms with Crippen LogP contribution in [0.5, 0.6) is 5.75 Å². The normalized spacial score (nSPS) is 17.0. The molecule has 0 aliphatic carbocycles. The molecule has 0 radical (unpaired) electrons. The summed E-state index contributed by atoms with van der Waals surface area (Å²) in [7, 11) is 1.63. The third kappa shape index (κ3) is 2.53. The Hall–Kier alpha value is -1.42. The van der Waals surface area contributed by atoms with E-state index >= 15 is 0 Å². The average Bonchev–Trinajstić information content (AvgIpc) is 2.64. The minimum Gasteiger partial charge on any atom is -0.495 e. The van der Waals surface area contributed by atoms with Gasteiger partial charge in [0.1, 0.15) is 11.5 Å². The van der Waals surface area contributed by atoms with Crippen molar-refractivity contribution in [3.8, 4) is 5.75 Å². The first kappa shape index (κ1) is 10.1. The fourth-order valence-electron chi connectivity index (χ4n) is 1.75. The van der Waals surface area contributed by atoms with Gasteiger partial charge in [-0.1, -0.05) is 0 Å². The molecule has 1 aromatic rings. The van der Waals surface area contributed by atoms with Crippen LogP contribution in [0.3, 0.4) is 0 Å². The lowest BCUT2D eigenvalue weighted by atomic mass is 10.2. The van der Waals surface area contributed by atoms with Crippen LogP contribution >= 0.6 is 0 Å². The first-order valence-electron chi connectivity index (χ1n) is 5.00. The van der Waals surface area contributed by atoms with Crippen molar-refractivity contribution in [2.75, 3.05) is 20.2 Å². The van der Waals surface area contributed by atoms with Crippen LogP contribution in [-0.2, 0) is 11.3 Å². The summed E-state index contributed by atoms with van der Waals surface area (Å²) in [6, 6.07) is 1.95. The molecule has 1 fully saturated rings. The molecule has 4 heteroatoms. The highest BCUT2D eigenvalue weighted by molar-refractivity contribution is 5.82. The third-order valence-electron chi connectivity index (χ3n) is 2.52. The van der Waals surface area contributed by atoms with Gasteiger partial charge in [0.2, 0.25) is 0 Å². The second kappa shape index (κ2) is 4.40. The summed E-state index contributed by atoms with van der Waals surface area (Å²) < 4.78 is 5.09. The lowest BCUT2D eigenvalue weighted by molar-refractivity contribution is -0.116. The van der Waals surface area contributed by atoms with Gasteiger partial charge in [-0.2, -0.15) is 0 Å². The van der Waals surface area contributed by atoms with E-state index in [9.17, 15) is 4.79 Å². The average molecular weight is 206 g/mol. The number of methoxy groups -OCH3 is 1. The Bertz CT molecular complexity index is 365. The van der Waals surface area contributed by atoms with E-state index in [-0.39, 0.29) is 0 Å². The molecule has 0 N–H and O–H groups in total. The number of hydrogen-bond donors (Lipinski definition) is 0. The largest absolute Gasteiger partial charge is 0.495 e. The monoisotopic (exact) mass is 206 g/mol. The van der Waals surface area contributed by atoms with E-state index in [0.717, 1.165) is 24.4 Å². The van der Waals surface area contributed by atoms with Gasteiger partial charge in [0.05, 0.1) is 19.9 Å². The summed E-state index contributed by atoms with van der Waals surface area (Å²) in [6.07, 6.45) is 4.17. The first-order chi connectivity index (χ1) is 7.28. The fraction of sp³-hybridized carbons (Fsp3) is 0.455. The highest BCUT2D eigenvalue weighted by atomic mass is 16.5. The maximum Gasteiger partial charge on any atom is 0.148 e. The molecule has 0 saturated carbocycles. The number of ketones is 1. The van der Waals surface area contributed by atoms with Crippen molar-refractivity contribution < 1.29 is 9.53 Å². The van der Waals surface area contributed by atoms with Crippen LogP contribution in [0.1, 0.15) is 12.0 Å². The zero-order valence-corrected chi connectivity index (χ0v) is 8.77. The Morgan fingerprint density at radius 3 is 3.07 bits per heavy atom. The molecule has 0 spiro atoms. The van der Waals surface area contributed by atoms with Crippen LogP contribution in [0, 0.1) is 0 Å². The van der Waals surface area contributed by atoms with E-state index < -0.39 is 0 Å². The van der Waals surface area contributed by atoms with Gasteiger partial charge in [-0.3, -0.25) is 14.7 Å². The molecule has 0 bridgehead atoms. The lowest BCUT2D eigenvalue weighted by Crippen LogP contribution is -2.20. The number of likely N-dealkylation sites (tertiary alicyclic amines) is 1. The third-order valence-corrected chi connectivity index (χ3v) is 2.52. The molecule has 0 aromatic carbocycles. The molecule has 80 valence electrons. The lowest BCUT2D eigenvalue weighted by Gasteiger charge is -2.13. The fourth-order valence-corrected chi connectivity index (χ4v) is 1.75. The van der Waals surface area contributed by atoms with Crippen LogP contribution in [0.4, 0.5) is 0 Å². The Morgan fingerprint density at radius 1 is 1.53 bits per heavy atom. The number of carbonyl (C=O) groups is 1. The summed E-state index contributed by atoms with van der Waals surface area (Å²) in [6.45, 7) is 2.20. The Balaban J connectivity index is 2.01. The van der Waals surface area contributed by atoms with E-state index in [1.807, 2.05) is 12.3 Å². The van der Waals surface area contributed by atoms with Gasteiger partial charge >= 0.3 is 0 Å². The molecule has 0 amide bonds. The zero-order chi connectivity index (χ0) is 10.7. The molecular formula is C11H14N2O2. The minimum atomic E-state index is 0.325. The van der Waals surface area contributed by atoms with Gasteiger partial charge in [-0.05, 0) is 11.6 Å². The summed E-state index contributed by atoms with van der Waals surface area (Å²) >= 11 is 0. The van der Waals surface area contributed by atoms with Crippen molar-refractivity contribution in [2.45, 2.75) is 13.0 Å². The molecular weight excluding hydrogens is 192 g/mol. The van der Waals surface area contributed by atoms with Gasteiger partial charge < -0.3 is 4.74 Å². The van der Waals surface area contributed by atoms with E-state index in [0.29, 0.717) is 18.7 Å². The van der Waals surface area contributed by atoms with Gasteiger partial charge in [0.25, 0.3) is 0 Å². The van der Waals surface area contributed by atoms with Crippen molar-refractivity contribution in [3.63, 3.8) is 0 Å². The van der Waals surface area contributed by atoms with Gasteiger partial charge in [0, 0.05) is 25.7 Å².